The van der Waals surface area contributed by atoms with Crippen molar-refractivity contribution in [2.75, 3.05) is 7.11 Å². The summed E-state index contributed by atoms with van der Waals surface area (Å²) in [6.45, 7) is 0. The quantitative estimate of drug-likeness (QED) is 0.655. The molecule has 1 aromatic heterocycles. The number of hydrogen-bond donors (Lipinski definition) is 0. The minimum atomic E-state index is -0.556. The van der Waals surface area contributed by atoms with Gasteiger partial charge in [0.25, 0.3) is 0 Å². The molecule has 1 aromatic rings. The second-order valence-electron chi connectivity index (χ2n) is 1.62. The molecule has 0 saturated heterocycles. The lowest BCUT2D eigenvalue weighted by Gasteiger charge is -2.00. The van der Waals surface area contributed by atoms with Crippen LogP contribution in [0.15, 0.2) is 16.7 Å². The van der Waals surface area contributed by atoms with Gasteiger partial charge in [-0.25, -0.2) is 4.98 Å². The fourth-order valence-electron chi connectivity index (χ4n) is 0.560. The Labute approximate surface area is 66.2 Å². The molecule has 0 aliphatic carbocycles. The van der Waals surface area contributed by atoms with Gasteiger partial charge >= 0.3 is 0 Å². The van der Waals surface area contributed by atoms with E-state index in [0.29, 0.717) is 5.75 Å². The Hall–Kier alpha value is -0.640. The molecule has 0 aromatic carbocycles. The highest BCUT2D eigenvalue weighted by Gasteiger charge is 2.04. The summed E-state index contributed by atoms with van der Waals surface area (Å²) in [5, 5.41) is 0. The second kappa shape index (κ2) is 2.96. The summed E-state index contributed by atoms with van der Waals surface area (Å²) in [4.78, 5) is 3.39. The van der Waals surface area contributed by atoms with Crippen LogP contribution in [0.5, 0.6) is 5.75 Å². The second-order valence-corrected chi connectivity index (χ2v) is 2.41. The van der Waals surface area contributed by atoms with Gasteiger partial charge < -0.3 is 4.74 Å². The largest absolute Gasteiger partial charge is 0.495 e. The van der Waals surface area contributed by atoms with E-state index in [1.807, 2.05) is 0 Å². The first-order valence-corrected chi connectivity index (χ1v) is 3.39. The average molecular weight is 206 g/mol. The van der Waals surface area contributed by atoms with Gasteiger partial charge in [0.1, 0.15) is 10.2 Å². The average Bonchev–Trinajstić information content (AvgIpc) is 1.95. The molecule has 0 aliphatic rings. The van der Waals surface area contributed by atoms with Crippen LogP contribution in [0.3, 0.4) is 0 Å². The number of nitrogens with zero attached hydrogens (tertiary/aromatic N) is 1. The van der Waals surface area contributed by atoms with Gasteiger partial charge in [0.2, 0.25) is 5.95 Å². The summed E-state index contributed by atoms with van der Waals surface area (Å²) in [5.74, 6) is -0.105. The summed E-state index contributed by atoms with van der Waals surface area (Å²) in [6.07, 6.45) is 1.35. The highest BCUT2D eigenvalue weighted by Crippen LogP contribution is 2.24. The van der Waals surface area contributed by atoms with Crippen LogP contribution in [0.2, 0.25) is 0 Å². The first kappa shape index (κ1) is 7.47. The Morgan fingerprint density at radius 2 is 2.40 bits per heavy atom. The van der Waals surface area contributed by atoms with Crippen molar-refractivity contribution in [1.82, 2.24) is 4.98 Å². The predicted octanol–water partition coefficient (Wildman–Crippen LogP) is 1.99. The molecule has 0 amide bonds. The number of pyridine rings is 1. The molecule has 54 valence electrons. The highest BCUT2D eigenvalue weighted by molar-refractivity contribution is 9.10. The van der Waals surface area contributed by atoms with E-state index in [9.17, 15) is 4.39 Å². The van der Waals surface area contributed by atoms with Crippen LogP contribution in [-0.4, -0.2) is 12.1 Å². The Bertz CT molecular complexity index is 241. The van der Waals surface area contributed by atoms with E-state index in [0.717, 1.165) is 0 Å². The summed E-state index contributed by atoms with van der Waals surface area (Å²) < 4.78 is 17.6. The molecule has 0 bridgehead atoms. The van der Waals surface area contributed by atoms with E-state index in [-0.39, 0.29) is 4.47 Å². The molecule has 0 spiro atoms. The van der Waals surface area contributed by atoms with Crippen molar-refractivity contribution >= 4 is 15.9 Å². The third-order valence-corrected chi connectivity index (χ3v) is 1.75. The van der Waals surface area contributed by atoms with Crippen molar-refractivity contribution in [2.24, 2.45) is 0 Å². The van der Waals surface area contributed by atoms with Crippen LogP contribution in [0, 0.1) is 5.95 Å². The maximum atomic E-state index is 12.5. The number of halogens is 2. The molecule has 0 fully saturated rings. The van der Waals surface area contributed by atoms with Crippen molar-refractivity contribution in [1.29, 1.82) is 0 Å². The number of methoxy groups -OCH3 is 1. The minimum absolute atomic E-state index is 0.262. The molecule has 0 saturated carbocycles. The zero-order chi connectivity index (χ0) is 7.56. The normalized spacial score (nSPS) is 9.50. The molecular weight excluding hydrogens is 201 g/mol. The number of aromatic nitrogens is 1. The highest BCUT2D eigenvalue weighted by atomic mass is 79.9. The van der Waals surface area contributed by atoms with Gasteiger partial charge in [0, 0.05) is 6.20 Å². The molecule has 0 radical (unpaired) electrons. The van der Waals surface area contributed by atoms with Crippen LogP contribution >= 0.6 is 15.9 Å². The topological polar surface area (TPSA) is 22.1 Å². The Morgan fingerprint density at radius 3 is 2.90 bits per heavy atom. The minimum Gasteiger partial charge on any atom is -0.495 e. The summed E-state index contributed by atoms with van der Waals surface area (Å²) in [6, 6.07) is 1.58. The van der Waals surface area contributed by atoms with Crippen LogP contribution in [0.25, 0.3) is 0 Å². The van der Waals surface area contributed by atoms with Gasteiger partial charge in [-0.3, -0.25) is 0 Å². The zero-order valence-electron chi connectivity index (χ0n) is 5.27. The third kappa shape index (κ3) is 1.26. The lowest BCUT2D eigenvalue weighted by Crippen LogP contribution is -1.89. The number of rotatable bonds is 1. The maximum Gasteiger partial charge on any atom is 0.230 e. The first-order chi connectivity index (χ1) is 4.75. The van der Waals surface area contributed by atoms with E-state index in [4.69, 9.17) is 4.74 Å². The summed E-state index contributed by atoms with van der Waals surface area (Å²) >= 11 is 2.98. The fourth-order valence-corrected chi connectivity index (χ4v) is 0.956. The van der Waals surface area contributed by atoms with Crippen molar-refractivity contribution in [3.8, 4) is 5.75 Å². The zero-order valence-corrected chi connectivity index (χ0v) is 6.85. The Kier molecular flexibility index (Phi) is 2.21. The molecule has 0 unspecified atom stereocenters. The van der Waals surface area contributed by atoms with Crippen LogP contribution in [0.1, 0.15) is 0 Å². The summed E-state index contributed by atoms with van der Waals surface area (Å²) in [7, 11) is 1.47. The molecule has 4 heteroatoms. The molecule has 0 atom stereocenters. The van der Waals surface area contributed by atoms with Gasteiger partial charge in [0.05, 0.1) is 7.11 Å². The van der Waals surface area contributed by atoms with Gasteiger partial charge in [-0.2, -0.15) is 4.39 Å². The molecule has 10 heavy (non-hydrogen) atoms. The number of hydrogen-bond acceptors (Lipinski definition) is 2. The first-order valence-electron chi connectivity index (χ1n) is 2.59. The molecule has 1 rings (SSSR count). The predicted molar refractivity (Wildman–Crippen MR) is 38.4 cm³/mol. The molecule has 0 N–H and O–H groups in total. The van der Waals surface area contributed by atoms with Crippen molar-refractivity contribution < 1.29 is 9.13 Å². The molecular formula is C6H5BrFNO. The van der Waals surface area contributed by atoms with E-state index in [1.54, 1.807) is 6.07 Å². The van der Waals surface area contributed by atoms with Crippen LogP contribution in [0.4, 0.5) is 4.39 Å². The SMILES string of the molecule is COc1ccnc(F)c1Br. The van der Waals surface area contributed by atoms with Crippen molar-refractivity contribution in [3.63, 3.8) is 0 Å². The fraction of sp³-hybridized carbons (Fsp3) is 0.167. The van der Waals surface area contributed by atoms with Gasteiger partial charge in [-0.1, -0.05) is 0 Å². The van der Waals surface area contributed by atoms with Gasteiger partial charge in [-0.15, -0.1) is 0 Å². The van der Waals surface area contributed by atoms with Gasteiger partial charge in [0.15, 0.2) is 0 Å². The Morgan fingerprint density at radius 1 is 1.70 bits per heavy atom. The number of ether oxygens (including phenoxy) is 1. The monoisotopic (exact) mass is 205 g/mol. The van der Waals surface area contributed by atoms with Gasteiger partial charge in [-0.05, 0) is 22.0 Å². The van der Waals surface area contributed by atoms with Crippen LogP contribution in [-0.2, 0) is 0 Å². The third-order valence-electron chi connectivity index (χ3n) is 1.03. The van der Waals surface area contributed by atoms with Crippen LogP contribution < -0.4 is 4.74 Å². The van der Waals surface area contributed by atoms with E-state index in [2.05, 4.69) is 20.9 Å². The smallest absolute Gasteiger partial charge is 0.230 e. The standard InChI is InChI=1S/C6H5BrFNO/c1-10-4-2-3-9-6(8)5(4)7/h2-3H,1H3. The Balaban J connectivity index is 3.14. The van der Waals surface area contributed by atoms with Crippen molar-refractivity contribution in [3.05, 3.63) is 22.7 Å². The lowest BCUT2D eigenvalue weighted by molar-refractivity contribution is 0.405. The van der Waals surface area contributed by atoms with E-state index < -0.39 is 5.95 Å². The molecule has 2 nitrogen and oxygen atoms in total. The molecule has 1 heterocycles. The summed E-state index contributed by atoms with van der Waals surface area (Å²) in [5.41, 5.74) is 0. The molecule has 0 aliphatic heterocycles. The van der Waals surface area contributed by atoms with Crippen molar-refractivity contribution in [2.45, 2.75) is 0 Å². The lowest BCUT2D eigenvalue weighted by atomic mass is 10.4. The van der Waals surface area contributed by atoms with E-state index >= 15 is 0 Å². The maximum absolute atomic E-state index is 12.5. The van der Waals surface area contributed by atoms with E-state index in [1.165, 1.54) is 13.3 Å².